The van der Waals surface area contributed by atoms with Crippen molar-refractivity contribution in [3.8, 4) is 0 Å². The molecule has 4 heteroatoms. The molecule has 4 nitrogen and oxygen atoms in total. The lowest BCUT2D eigenvalue weighted by Crippen LogP contribution is -2.67. The summed E-state index contributed by atoms with van der Waals surface area (Å²) in [6, 6.07) is 0. The van der Waals surface area contributed by atoms with Gasteiger partial charge in [-0.05, 0) is 81.1 Å². The van der Waals surface area contributed by atoms with E-state index in [0.29, 0.717) is 24.2 Å². The highest BCUT2D eigenvalue weighted by molar-refractivity contribution is 5.91. The standard InChI is InChI=1S/C25H36O4/c1-15-6-9-22-20-8-7-18-14-19(28)10-12-23(18,4)21(20)11-13-24(22,5)25(15,16(2)26)29-17(3)27/h14-15,20-22H,6-13H2,1-5H3/t15-,20-,21+,22+,23-,24-,25+/m1/s1. The fraction of sp³-hybridized carbons (Fsp3) is 0.800. The van der Waals surface area contributed by atoms with Crippen LogP contribution in [0.4, 0.5) is 0 Å². The summed E-state index contributed by atoms with van der Waals surface area (Å²) in [5.41, 5.74) is 0.153. The van der Waals surface area contributed by atoms with Crippen LogP contribution < -0.4 is 0 Å². The van der Waals surface area contributed by atoms with E-state index < -0.39 is 5.60 Å². The normalized spacial score (nSPS) is 46.7. The molecule has 7 atom stereocenters. The van der Waals surface area contributed by atoms with Gasteiger partial charge in [-0.2, -0.15) is 0 Å². The van der Waals surface area contributed by atoms with Crippen molar-refractivity contribution in [1.82, 2.24) is 0 Å². The number of ether oxygens (including phenoxy) is 1. The molecule has 0 bridgehead atoms. The van der Waals surface area contributed by atoms with Gasteiger partial charge in [-0.1, -0.05) is 26.3 Å². The zero-order valence-electron chi connectivity index (χ0n) is 18.7. The second-order valence-corrected chi connectivity index (χ2v) is 10.8. The first-order chi connectivity index (χ1) is 13.6. The number of rotatable bonds is 2. The molecule has 0 unspecified atom stereocenters. The molecule has 0 aromatic carbocycles. The molecule has 160 valence electrons. The topological polar surface area (TPSA) is 60.4 Å². The number of hydrogen-bond acceptors (Lipinski definition) is 4. The molecular weight excluding hydrogens is 364 g/mol. The van der Waals surface area contributed by atoms with Gasteiger partial charge in [0, 0.05) is 24.7 Å². The summed E-state index contributed by atoms with van der Waals surface area (Å²) in [6.45, 7) is 9.75. The van der Waals surface area contributed by atoms with Crippen LogP contribution in [0.15, 0.2) is 11.6 Å². The first kappa shape index (κ1) is 20.8. The van der Waals surface area contributed by atoms with Crippen LogP contribution >= 0.6 is 0 Å². The average Bonchev–Trinajstić information content (AvgIpc) is 2.64. The molecule has 0 amide bonds. The Balaban J connectivity index is 1.75. The SMILES string of the molecule is CC(=O)O[C@]1(C(C)=O)[C@H](C)CC[C@H]2[C@@H]3CCC4=CC(=O)CC[C@@]4(C)[C@H]3CC[C@]21C. The Bertz CT molecular complexity index is 782. The van der Waals surface area contributed by atoms with Gasteiger partial charge in [0.15, 0.2) is 17.2 Å². The fourth-order valence-corrected chi connectivity index (χ4v) is 8.33. The lowest BCUT2D eigenvalue weighted by atomic mass is 9.40. The highest BCUT2D eigenvalue weighted by Crippen LogP contribution is 2.67. The van der Waals surface area contributed by atoms with Gasteiger partial charge in [0.05, 0.1) is 0 Å². The molecule has 0 saturated heterocycles. The minimum atomic E-state index is -1.01. The number of fused-ring (bicyclic) bond motifs is 5. The van der Waals surface area contributed by atoms with E-state index in [2.05, 4.69) is 20.8 Å². The van der Waals surface area contributed by atoms with Crippen molar-refractivity contribution in [2.24, 2.45) is 34.5 Å². The van der Waals surface area contributed by atoms with Crippen LogP contribution in [-0.4, -0.2) is 23.1 Å². The summed E-state index contributed by atoms with van der Waals surface area (Å²) in [5.74, 6) is 1.48. The number of esters is 1. The Morgan fingerprint density at radius 3 is 2.38 bits per heavy atom. The first-order valence-corrected chi connectivity index (χ1v) is 11.5. The maximum Gasteiger partial charge on any atom is 0.303 e. The molecule has 4 rings (SSSR count). The minimum absolute atomic E-state index is 0.0109. The van der Waals surface area contributed by atoms with Gasteiger partial charge in [0.2, 0.25) is 0 Å². The molecule has 0 aromatic rings. The van der Waals surface area contributed by atoms with Gasteiger partial charge >= 0.3 is 5.97 Å². The van der Waals surface area contributed by atoms with Crippen molar-refractivity contribution < 1.29 is 19.1 Å². The molecule has 0 radical (unpaired) electrons. The number of allylic oxidation sites excluding steroid dienone is 2. The zero-order chi connectivity index (χ0) is 21.2. The molecule has 0 spiro atoms. The Morgan fingerprint density at radius 2 is 1.72 bits per heavy atom. The van der Waals surface area contributed by atoms with E-state index in [1.807, 2.05) is 6.08 Å². The van der Waals surface area contributed by atoms with Gasteiger partial charge < -0.3 is 4.74 Å². The third-order valence-corrected chi connectivity index (χ3v) is 9.63. The summed E-state index contributed by atoms with van der Waals surface area (Å²) in [5, 5.41) is 0. The van der Waals surface area contributed by atoms with Crippen LogP contribution in [-0.2, 0) is 19.1 Å². The van der Waals surface area contributed by atoms with Crippen molar-refractivity contribution in [2.45, 2.75) is 91.6 Å². The number of ketones is 2. The lowest BCUT2D eigenvalue weighted by Gasteiger charge is -2.65. The van der Waals surface area contributed by atoms with Gasteiger partial charge in [0.25, 0.3) is 0 Å². The number of hydrogen-bond donors (Lipinski definition) is 0. The Morgan fingerprint density at radius 1 is 1.00 bits per heavy atom. The number of carbonyl (C=O) groups excluding carboxylic acids is 3. The molecule has 3 fully saturated rings. The average molecular weight is 401 g/mol. The Labute approximate surface area is 174 Å². The van der Waals surface area contributed by atoms with E-state index in [1.54, 1.807) is 6.92 Å². The van der Waals surface area contributed by atoms with Crippen molar-refractivity contribution in [3.63, 3.8) is 0 Å². The lowest BCUT2D eigenvalue weighted by molar-refractivity contribution is -0.227. The monoisotopic (exact) mass is 400 g/mol. The van der Waals surface area contributed by atoms with Gasteiger partial charge in [-0.3, -0.25) is 14.4 Å². The van der Waals surface area contributed by atoms with Crippen LogP contribution in [0.1, 0.15) is 86.0 Å². The van der Waals surface area contributed by atoms with Crippen molar-refractivity contribution in [2.75, 3.05) is 0 Å². The zero-order valence-corrected chi connectivity index (χ0v) is 18.7. The molecule has 0 N–H and O–H groups in total. The van der Waals surface area contributed by atoms with Gasteiger partial charge in [0.1, 0.15) is 0 Å². The van der Waals surface area contributed by atoms with Crippen LogP contribution in [0.3, 0.4) is 0 Å². The Hall–Kier alpha value is -1.45. The highest BCUT2D eigenvalue weighted by Gasteiger charge is 2.67. The predicted octanol–water partition coefficient (Wildman–Crippen LogP) is 5.05. The molecule has 29 heavy (non-hydrogen) atoms. The summed E-state index contributed by atoms with van der Waals surface area (Å²) >= 11 is 0. The molecule has 4 aliphatic rings. The molecule has 3 saturated carbocycles. The maximum absolute atomic E-state index is 13.1. The van der Waals surface area contributed by atoms with Crippen molar-refractivity contribution in [3.05, 3.63) is 11.6 Å². The molecule has 0 heterocycles. The van der Waals surface area contributed by atoms with Crippen molar-refractivity contribution in [1.29, 1.82) is 0 Å². The van der Waals surface area contributed by atoms with E-state index in [4.69, 9.17) is 4.74 Å². The van der Waals surface area contributed by atoms with Gasteiger partial charge in [-0.15, -0.1) is 0 Å². The minimum Gasteiger partial charge on any atom is -0.450 e. The molecule has 0 aliphatic heterocycles. The number of Topliss-reactive ketones (excluding diaryl/α,β-unsaturated/α-hetero) is 1. The number of carbonyl (C=O) groups is 3. The third-order valence-electron chi connectivity index (χ3n) is 9.63. The van der Waals surface area contributed by atoms with E-state index in [-0.39, 0.29) is 34.3 Å². The quantitative estimate of drug-likeness (QED) is 0.609. The molecular formula is C25H36O4. The second kappa shape index (κ2) is 6.78. The summed E-state index contributed by atoms with van der Waals surface area (Å²) in [4.78, 5) is 37.2. The summed E-state index contributed by atoms with van der Waals surface area (Å²) < 4.78 is 6.01. The second-order valence-electron chi connectivity index (χ2n) is 10.8. The smallest absolute Gasteiger partial charge is 0.303 e. The van der Waals surface area contributed by atoms with E-state index in [1.165, 1.54) is 12.5 Å². The van der Waals surface area contributed by atoms with Crippen LogP contribution in [0, 0.1) is 34.5 Å². The maximum atomic E-state index is 13.1. The fourth-order valence-electron chi connectivity index (χ4n) is 8.33. The molecule has 4 aliphatic carbocycles. The van der Waals surface area contributed by atoms with E-state index in [9.17, 15) is 14.4 Å². The summed E-state index contributed by atoms with van der Waals surface area (Å²) in [7, 11) is 0. The van der Waals surface area contributed by atoms with Crippen LogP contribution in [0.5, 0.6) is 0 Å². The van der Waals surface area contributed by atoms with E-state index in [0.717, 1.165) is 44.9 Å². The predicted molar refractivity (Wildman–Crippen MR) is 111 cm³/mol. The Kier molecular flexibility index (Phi) is 4.87. The van der Waals surface area contributed by atoms with Crippen LogP contribution in [0.25, 0.3) is 0 Å². The van der Waals surface area contributed by atoms with E-state index >= 15 is 0 Å². The summed E-state index contributed by atoms with van der Waals surface area (Å²) in [6.07, 6.45) is 9.61. The largest absolute Gasteiger partial charge is 0.450 e. The highest BCUT2D eigenvalue weighted by atomic mass is 16.6. The first-order valence-electron chi connectivity index (χ1n) is 11.5. The molecule has 0 aromatic heterocycles. The van der Waals surface area contributed by atoms with Crippen LogP contribution in [0.2, 0.25) is 0 Å². The third kappa shape index (κ3) is 2.73. The van der Waals surface area contributed by atoms with Crippen molar-refractivity contribution >= 4 is 17.5 Å². The van der Waals surface area contributed by atoms with Gasteiger partial charge in [-0.25, -0.2) is 0 Å².